The van der Waals surface area contributed by atoms with Crippen molar-refractivity contribution in [3.05, 3.63) is 23.8 Å². The Kier molecular flexibility index (Phi) is 7.52. The molecule has 0 radical (unpaired) electrons. The van der Waals surface area contributed by atoms with E-state index in [4.69, 9.17) is 19.9 Å². The summed E-state index contributed by atoms with van der Waals surface area (Å²) in [5.41, 5.74) is 6.77. The number of carbonyl (C=O) groups is 1. The molecule has 1 saturated carbocycles. The van der Waals surface area contributed by atoms with Gasteiger partial charge in [-0.25, -0.2) is 0 Å². The van der Waals surface area contributed by atoms with E-state index < -0.39 is 0 Å². The summed E-state index contributed by atoms with van der Waals surface area (Å²) < 4.78 is 16.0. The summed E-state index contributed by atoms with van der Waals surface area (Å²) in [6.45, 7) is 3.53. The van der Waals surface area contributed by atoms with Gasteiger partial charge in [-0.15, -0.1) is 0 Å². The molecule has 1 aromatic carbocycles. The van der Waals surface area contributed by atoms with Gasteiger partial charge >= 0.3 is 0 Å². The van der Waals surface area contributed by atoms with E-state index in [-0.39, 0.29) is 17.9 Å². The molecule has 1 amide bonds. The molecule has 1 unspecified atom stereocenters. The summed E-state index contributed by atoms with van der Waals surface area (Å²) in [5.74, 6) is 1.75. The molecule has 1 aliphatic carbocycles. The predicted octanol–water partition coefficient (Wildman–Crippen LogP) is 2.27. The Hall–Kier alpha value is -1.79. The van der Waals surface area contributed by atoms with Gasteiger partial charge < -0.3 is 25.3 Å². The van der Waals surface area contributed by atoms with Gasteiger partial charge in [-0.05, 0) is 49.9 Å². The average Bonchev–Trinajstić information content (AvgIpc) is 3.10. The molecule has 0 aliphatic heterocycles. The zero-order chi connectivity index (χ0) is 18.2. The summed E-state index contributed by atoms with van der Waals surface area (Å²) in [5, 5.41) is 3.11. The van der Waals surface area contributed by atoms with Crippen LogP contribution in [-0.4, -0.2) is 39.9 Å². The lowest BCUT2D eigenvalue weighted by molar-refractivity contribution is -0.126. The normalized spacial score (nSPS) is 21.0. The maximum atomic E-state index is 12.6. The lowest BCUT2D eigenvalue weighted by atomic mass is 9.94. The average molecular weight is 350 g/mol. The fraction of sp³-hybridized carbons (Fsp3) is 0.632. The van der Waals surface area contributed by atoms with Crippen molar-refractivity contribution < 1.29 is 19.0 Å². The quantitative estimate of drug-likeness (QED) is 0.668. The molecule has 0 saturated heterocycles. The van der Waals surface area contributed by atoms with Crippen LogP contribution in [0.5, 0.6) is 11.5 Å². The van der Waals surface area contributed by atoms with Crippen LogP contribution in [0.3, 0.4) is 0 Å². The van der Waals surface area contributed by atoms with E-state index in [1.54, 1.807) is 14.2 Å². The highest BCUT2D eigenvalue weighted by molar-refractivity contribution is 5.79. The highest BCUT2D eigenvalue weighted by Gasteiger charge is 2.32. The first kappa shape index (κ1) is 19.5. The van der Waals surface area contributed by atoms with Crippen molar-refractivity contribution in [2.45, 2.75) is 32.2 Å². The molecular weight excluding hydrogens is 320 g/mol. The van der Waals surface area contributed by atoms with Crippen LogP contribution in [0.1, 0.15) is 37.8 Å². The molecule has 1 fully saturated rings. The third-order valence-electron chi connectivity index (χ3n) is 4.89. The molecule has 0 bridgehead atoms. The van der Waals surface area contributed by atoms with Gasteiger partial charge in [-0.3, -0.25) is 4.79 Å². The molecule has 1 aromatic rings. The number of rotatable bonds is 9. The van der Waals surface area contributed by atoms with Crippen molar-refractivity contribution in [1.82, 2.24) is 5.32 Å². The number of benzene rings is 1. The smallest absolute Gasteiger partial charge is 0.223 e. The van der Waals surface area contributed by atoms with Crippen molar-refractivity contribution >= 4 is 5.91 Å². The number of hydrogen-bond acceptors (Lipinski definition) is 5. The lowest BCUT2D eigenvalue weighted by Crippen LogP contribution is -2.36. The van der Waals surface area contributed by atoms with Crippen molar-refractivity contribution in [2.24, 2.45) is 17.6 Å². The molecule has 140 valence electrons. The molecule has 0 aromatic heterocycles. The van der Waals surface area contributed by atoms with Crippen LogP contribution in [0, 0.1) is 11.8 Å². The second kappa shape index (κ2) is 9.63. The van der Waals surface area contributed by atoms with Gasteiger partial charge in [0.15, 0.2) is 11.5 Å². The highest BCUT2D eigenvalue weighted by Crippen LogP contribution is 2.33. The van der Waals surface area contributed by atoms with E-state index >= 15 is 0 Å². The van der Waals surface area contributed by atoms with Crippen LogP contribution in [0.15, 0.2) is 18.2 Å². The van der Waals surface area contributed by atoms with E-state index in [0.717, 1.165) is 24.8 Å². The number of amides is 1. The predicted molar refractivity (Wildman–Crippen MR) is 96.8 cm³/mol. The molecular formula is C19H30N2O4. The number of nitrogens with two attached hydrogens (primary N) is 1. The van der Waals surface area contributed by atoms with Crippen LogP contribution >= 0.6 is 0 Å². The second-order valence-electron chi connectivity index (χ2n) is 6.52. The van der Waals surface area contributed by atoms with Crippen LogP contribution in [-0.2, 0) is 9.53 Å². The van der Waals surface area contributed by atoms with Crippen molar-refractivity contribution in [3.63, 3.8) is 0 Å². The zero-order valence-corrected chi connectivity index (χ0v) is 15.4. The van der Waals surface area contributed by atoms with E-state index in [9.17, 15) is 4.79 Å². The molecule has 6 heteroatoms. The molecule has 25 heavy (non-hydrogen) atoms. The van der Waals surface area contributed by atoms with Crippen molar-refractivity contribution in [1.29, 1.82) is 0 Å². The molecule has 1 aliphatic rings. The second-order valence-corrected chi connectivity index (χ2v) is 6.52. The Morgan fingerprint density at radius 2 is 2.08 bits per heavy atom. The number of ether oxygens (including phenoxy) is 3. The summed E-state index contributed by atoms with van der Waals surface area (Å²) in [6.07, 6.45) is 3.05. The van der Waals surface area contributed by atoms with E-state index in [1.165, 1.54) is 0 Å². The first-order valence-electron chi connectivity index (χ1n) is 8.90. The van der Waals surface area contributed by atoms with E-state index in [2.05, 4.69) is 5.32 Å². The first-order chi connectivity index (χ1) is 12.1. The third kappa shape index (κ3) is 5.09. The topological polar surface area (TPSA) is 82.8 Å². The monoisotopic (exact) mass is 350 g/mol. The molecule has 3 N–H and O–H groups in total. The Bertz CT molecular complexity index is 564. The van der Waals surface area contributed by atoms with Gasteiger partial charge in [-0.2, -0.15) is 0 Å². The molecule has 0 spiro atoms. The van der Waals surface area contributed by atoms with Crippen molar-refractivity contribution in [3.8, 4) is 11.5 Å². The summed E-state index contributed by atoms with van der Waals surface area (Å²) in [6, 6.07) is 5.62. The lowest BCUT2D eigenvalue weighted by Gasteiger charge is -2.22. The van der Waals surface area contributed by atoms with Crippen LogP contribution in [0.25, 0.3) is 0 Å². The summed E-state index contributed by atoms with van der Waals surface area (Å²) >= 11 is 0. The van der Waals surface area contributed by atoms with Gasteiger partial charge in [0.2, 0.25) is 5.91 Å². The minimum atomic E-state index is -0.103. The number of carbonyl (C=O) groups excluding carboxylic acids is 1. The number of hydrogen-bond donors (Lipinski definition) is 2. The van der Waals surface area contributed by atoms with Crippen LogP contribution in [0.4, 0.5) is 0 Å². The summed E-state index contributed by atoms with van der Waals surface area (Å²) in [7, 11) is 3.24. The van der Waals surface area contributed by atoms with Crippen molar-refractivity contribution in [2.75, 3.05) is 34.0 Å². The standard InChI is InChI=1S/C19H30N2O4/c1-13(21-19(22)16-6-4-5-15(16)12-20)14-7-8-17(18(11-14)24-3)25-10-9-23-2/h7-8,11,13,15-16H,4-6,9-10,12,20H2,1-3H3,(H,21,22)/t13?,15-,16-/m1/s1. The van der Waals surface area contributed by atoms with Gasteiger partial charge in [0.1, 0.15) is 6.61 Å². The minimum absolute atomic E-state index is 0.0333. The molecule has 0 heterocycles. The van der Waals surface area contributed by atoms with Crippen LogP contribution in [0.2, 0.25) is 0 Å². The Labute approximate surface area is 150 Å². The van der Waals surface area contributed by atoms with E-state index in [1.807, 2.05) is 25.1 Å². The zero-order valence-electron chi connectivity index (χ0n) is 15.4. The Morgan fingerprint density at radius 3 is 2.76 bits per heavy atom. The number of methoxy groups -OCH3 is 2. The first-order valence-corrected chi connectivity index (χ1v) is 8.90. The maximum Gasteiger partial charge on any atom is 0.223 e. The summed E-state index contributed by atoms with van der Waals surface area (Å²) in [4.78, 5) is 12.6. The largest absolute Gasteiger partial charge is 0.493 e. The minimum Gasteiger partial charge on any atom is -0.493 e. The SMILES string of the molecule is COCCOc1ccc(C(C)NC(=O)[C@@H]2CCC[C@@H]2CN)cc1OC. The van der Waals surface area contributed by atoms with Gasteiger partial charge in [0.05, 0.1) is 19.8 Å². The highest BCUT2D eigenvalue weighted by atomic mass is 16.5. The number of nitrogens with one attached hydrogen (secondary N) is 1. The third-order valence-corrected chi connectivity index (χ3v) is 4.89. The van der Waals surface area contributed by atoms with Gasteiger partial charge in [0, 0.05) is 13.0 Å². The van der Waals surface area contributed by atoms with Gasteiger partial charge in [0.25, 0.3) is 0 Å². The Balaban J connectivity index is 2.01. The Morgan fingerprint density at radius 1 is 1.28 bits per heavy atom. The fourth-order valence-corrected chi connectivity index (χ4v) is 3.38. The molecule has 6 nitrogen and oxygen atoms in total. The fourth-order valence-electron chi connectivity index (χ4n) is 3.38. The van der Waals surface area contributed by atoms with Crippen LogP contribution < -0.4 is 20.5 Å². The van der Waals surface area contributed by atoms with E-state index in [0.29, 0.717) is 37.2 Å². The maximum absolute atomic E-state index is 12.6. The van der Waals surface area contributed by atoms with Gasteiger partial charge in [-0.1, -0.05) is 12.5 Å². The molecule has 3 atom stereocenters. The molecule has 2 rings (SSSR count).